The Morgan fingerprint density at radius 1 is 1.33 bits per heavy atom. The Morgan fingerprint density at radius 3 is 2.78 bits per heavy atom. The Morgan fingerprint density at radius 2 is 2.11 bits per heavy atom. The Kier molecular flexibility index (Phi) is 5.13. The van der Waals surface area contributed by atoms with Crippen LogP contribution in [0.1, 0.15) is 44.3 Å². The molecule has 102 valence electrons. The van der Waals surface area contributed by atoms with Gasteiger partial charge in [-0.2, -0.15) is 4.98 Å². The Hall–Kier alpha value is -0.940. The van der Waals surface area contributed by atoms with Crippen LogP contribution < -0.4 is 5.73 Å². The van der Waals surface area contributed by atoms with Crippen LogP contribution in [0.5, 0.6) is 0 Å². The van der Waals surface area contributed by atoms with Gasteiger partial charge in [-0.3, -0.25) is 0 Å². The lowest BCUT2D eigenvalue weighted by Gasteiger charge is -2.30. The van der Waals surface area contributed by atoms with Crippen LogP contribution in [-0.2, 0) is 17.8 Å². The smallest absolute Gasteiger partial charge is 0.252 e. The molecule has 0 aliphatic heterocycles. The van der Waals surface area contributed by atoms with Gasteiger partial charge in [0.2, 0.25) is 0 Å². The van der Waals surface area contributed by atoms with Crippen LogP contribution in [0.15, 0.2) is 4.52 Å². The van der Waals surface area contributed by atoms with E-state index in [0.717, 1.165) is 25.4 Å². The molecule has 0 radical (unpaired) electrons. The van der Waals surface area contributed by atoms with Crippen LogP contribution in [0.2, 0.25) is 0 Å². The SMILES string of the molecule is CCc1noc(COCC2CCCCC2CN)n1. The molecular weight excluding hydrogens is 230 g/mol. The van der Waals surface area contributed by atoms with Crippen molar-refractivity contribution in [3.8, 4) is 0 Å². The number of nitrogens with zero attached hydrogens (tertiary/aromatic N) is 2. The van der Waals surface area contributed by atoms with E-state index in [2.05, 4.69) is 10.1 Å². The summed E-state index contributed by atoms with van der Waals surface area (Å²) in [5, 5.41) is 3.85. The molecule has 0 amide bonds. The molecule has 1 fully saturated rings. The minimum absolute atomic E-state index is 0.417. The molecule has 2 N–H and O–H groups in total. The van der Waals surface area contributed by atoms with E-state index in [1.165, 1.54) is 25.7 Å². The summed E-state index contributed by atoms with van der Waals surface area (Å²) >= 11 is 0. The van der Waals surface area contributed by atoms with Crippen LogP contribution in [0, 0.1) is 11.8 Å². The van der Waals surface area contributed by atoms with Crippen molar-refractivity contribution in [1.82, 2.24) is 10.1 Å². The Labute approximate surface area is 108 Å². The highest BCUT2D eigenvalue weighted by atomic mass is 16.5. The molecule has 0 spiro atoms. The molecule has 0 aromatic carbocycles. The largest absolute Gasteiger partial charge is 0.371 e. The van der Waals surface area contributed by atoms with E-state index in [-0.39, 0.29) is 0 Å². The molecule has 2 rings (SSSR count). The first-order chi connectivity index (χ1) is 8.83. The normalized spacial score (nSPS) is 24.3. The van der Waals surface area contributed by atoms with E-state index >= 15 is 0 Å². The lowest BCUT2D eigenvalue weighted by molar-refractivity contribution is 0.0387. The zero-order valence-corrected chi connectivity index (χ0v) is 11.1. The summed E-state index contributed by atoms with van der Waals surface area (Å²) in [5.74, 6) is 2.53. The van der Waals surface area contributed by atoms with Gasteiger partial charge in [0, 0.05) is 6.42 Å². The topological polar surface area (TPSA) is 74.2 Å². The highest BCUT2D eigenvalue weighted by molar-refractivity contribution is 4.84. The highest BCUT2D eigenvalue weighted by Crippen LogP contribution is 2.29. The summed E-state index contributed by atoms with van der Waals surface area (Å²) in [5.41, 5.74) is 5.80. The minimum atomic E-state index is 0.417. The van der Waals surface area contributed by atoms with Gasteiger partial charge in [0.05, 0.1) is 6.61 Å². The van der Waals surface area contributed by atoms with Crippen LogP contribution in [0.4, 0.5) is 0 Å². The molecule has 2 atom stereocenters. The molecule has 1 heterocycles. The molecule has 5 nitrogen and oxygen atoms in total. The fraction of sp³-hybridized carbons (Fsp3) is 0.846. The minimum Gasteiger partial charge on any atom is -0.371 e. The van der Waals surface area contributed by atoms with Gasteiger partial charge in [0.1, 0.15) is 6.61 Å². The van der Waals surface area contributed by atoms with E-state index in [4.69, 9.17) is 15.0 Å². The standard InChI is InChI=1S/C13H23N3O2/c1-2-12-15-13(18-16-12)9-17-8-11-6-4-3-5-10(11)7-14/h10-11H,2-9,14H2,1H3. The third-order valence-corrected chi connectivity index (χ3v) is 3.75. The first kappa shape index (κ1) is 13.5. The lowest BCUT2D eigenvalue weighted by atomic mass is 9.80. The maximum absolute atomic E-state index is 5.80. The maximum Gasteiger partial charge on any atom is 0.252 e. The van der Waals surface area contributed by atoms with Gasteiger partial charge in [-0.15, -0.1) is 0 Å². The fourth-order valence-corrected chi connectivity index (χ4v) is 2.60. The van der Waals surface area contributed by atoms with Gasteiger partial charge in [-0.25, -0.2) is 0 Å². The first-order valence-corrected chi connectivity index (χ1v) is 6.92. The first-order valence-electron chi connectivity index (χ1n) is 6.92. The van der Waals surface area contributed by atoms with Crippen LogP contribution in [-0.4, -0.2) is 23.3 Å². The van der Waals surface area contributed by atoms with Gasteiger partial charge in [-0.1, -0.05) is 24.9 Å². The zero-order valence-electron chi connectivity index (χ0n) is 11.1. The molecule has 1 aromatic rings. The molecular formula is C13H23N3O2. The van der Waals surface area contributed by atoms with E-state index in [1.54, 1.807) is 0 Å². The number of rotatable bonds is 6. The molecule has 1 saturated carbocycles. The molecule has 5 heteroatoms. The van der Waals surface area contributed by atoms with Gasteiger partial charge >= 0.3 is 0 Å². The maximum atomic E-state index is 5.80. The molecule has 0 saturated heterocycles. The second-order valence-electron chi connectivity index (χ2n) is 5.01. The quantitative estimate of drug-likeness (QED) is 0.838. The van der Waals surface area contributed by atoms with Crippen molar-refractivity contribution < 1.29 is 9.26 Å². The molecule has 1 aromatic heterocycles. The van der Waals surface area contributed by atoms with Crippen molar-refractivity contribution in [2.75, 3.05) is 13.2 Å². The third kappa shape index (κ3) is 3.53. The van der Waals surface area contributed by atoms with Gasteiger partial charge in [0.15, 0.2) is 5.82 Å². The van der Waals surface area contributed by atoms with Gasteiger partial charge < -0.3 is 15.0 Å². The summed E-state index contributed by atoms with van der Waals surface area (Å²) in [7, 11) is 0. The molecule has 0 bridgehead atoms. The second-order valence-corrected chi connectivity index (χ2v) is 5.01. The highest BCUT2D eigenvalue weighted by Gasteiger charge is 2.24. The van der Waals surface area contributed by atoms with Crippen LogP contribution >= 0.6 is 0 Å². The number of hydrogen-bond donors (Lipinski definition) is 1. The second kappa shape index (κ2) is 6.85. The van der Waals surface area contributed by atoms with Crippen molar-refractivity contribution in [2.24, 2.45) is 17.6 Å². The summed E-state index contributed by atoms with van der Waals surface area (Å²) in [4.78, 5) is 4.22. The van der Waals surface area contributed by atoms with Crippen molar-refractivity contribution in [3.05, 3.63) is 11.7 Å². The van der Waals surface area contributed by atoms with E-state index in [0.29, 0.717) is 24.3 Å². The predicted octanol–water partition coefficient (Wildman–Crippen LogP) is 1.91. The molecule has 18 heavy (non-hydrogen) atoms. The van der Waals surface area contributed by atoms with Crippen molar-refractivity contribution >= 4 is 0 Å². The number of aromatic nitrogens is 2. The van der Waals surface area contributed by atoms with Crippen molar-refractivity contribution in [2.45, 2.75) is 45.6 Å². The number of hydrogen-bond acceptors (Lipinski definition) is 5. The summed E-state index contributed by atoms with van der Waals surface area (Å²) < 4.78 is 10.8. The number of nitrogens with two attached hydrogens (primary N) is 1. The Bertz CT molecular complexity index is 354. The van der Waals surface area contributed by atoms with Gasteiger partial charge in [0.25, 0.3) is 5.89 Å². The summed E-state index contributed by atoms with van der Waals surface area (Å²) in [6, 6.07) is 0. The number of aryl methyl sites for hydroxylation is 1. The molecule has 1 aliphatic carbocycles. The average molecular weight is 253 g/mol. The van der Waals surface area contributed by atoms with E-state index in [9.17, 15) is 0 Å². The van der Waals surface area contributed by atoms with Crippen LogP contribution in [0.25, 0.3) is 0 Å². The fourth-order valence-electron chi connectivity index (χ4n) is 2.60. The van der Waals surface area contributed by atoms with Crippen LogP contribution in [0.3, 0.4) is 0 Å². The van der Waals surface area contributed by atoms with E-state index in [1.807, 2.05) is 6.92 Å². The number of ether oxygens (including phenoxy) is 1. The Balaban J connectivity index is 1.73. The summed E-state index contributed by atoms with van der Waals surface area (Å²) in [6.45, 7) is 3.95. The third-order valence-electron chi connectivity index (χ3n) is 3.75. The molecule has 1 aliphatic rings. The monoisotopic (exact) mass is 253 g/mol. The lowest BCUT2D eigenvalue weighted by Crippen LogP contribution is -2.29. The van der Waals surface area contributed by atoms with Crippen molar-refractivity contribution in [1.29, 1.82) is 0 Å². The predicted molar refractivity (Wildman–Crippen MR) is 67.8 cm³/mol. The van der Waals surface area contributed by atoms with Crippen molar-refractivity contribution in [3.63, 3.8) is 0 Å². The van der Waals surface area contributed by atoms with Gasteiger partial charge in [-0.05, 0) is 31.2 Å². The zero-order chi connectivity index (χ0) is 12.8. The average Bonchev–Trinajstić information content (AvgIpc) is 2.87. The van der Waals surface area contributed by atoms with E-state index < -0.39 is 0 Å². The summed E-state index contributed by atoms with van der Waals surface area (Å²) in [6.07, 6.45) is 5.87. The molecule has 2 unspecified atom stereocenters.